The van der Waals surface area contributed by atoms with Gasteiger partial charge in [0.15, 0.2) is 5.78 Å². The highest BCUT2D eigenvalue weighted by molar-refractivity contribution is 6.38. The molecule has 0 unspecified atom stereocenters. The fourth-order valence-corrected chi connectivity index (χ4v) is 5.08. The molecule has 0 aromatic heterocycles. The molecule has 1 heteroatoms. The predicted molar refractivity (Wildman–Crippen MR) is 127 cm³/mol. The maximum atomic E-state index is 13.7. The van der Waals surface area contributed by atoms with Crippen LogP contribution in [0.2, 0.25) is 0 Å². The Morgan fingerprint density at radius 3 is 1.39 bits per heavy atom. The van der Waals surface area contributed by atoms with Crippen molar-refractivity contribution in [2.75, 3.05) is 0 Å². The van der Waals surface area contributed by atoms with Gasteiger partial charge in [0.05, 0.1) is 5.92 Å². The van der Waals surface area contributed by atoms with Crippen LogP contribution in [0.4, 0.5) is 0 Å². The molecule has 0 amide bonds. The van der Waals surface area contributed by atoms with Crippen LogP contribution in [0.5, 0.6) is 0 Å². The Hall–Kier alpha value is -3.97. The van der Waals surface area contributed by atoms with Crippen LogP contribution >= 0.6 is 0 Å². The summed E-state index contributed by atoms with van der Waals surface area (Å²) in [6.07, 6.45) is 0. The number of hydrogen-bond donors (Lipinski definition) is 0. The molecule has 1 atom stereocenters. The summed E-state index contributed by atoms with van der Waals surface area (Å²) in [4.78, 5) is 13.7. The van der Waals surface area contributed by atoms with Crippen LogP contribution in [0.15, 0.2) is 115 Å². The van der Waals surface area contributed by atoms with Crippen molar-refractivity contribution in [1.29, 1.82) is 0 Å². The normalized spacial score (nSPS) is 17.2. The number of Topliss-reactive ketones (excluding diaryl/α,β-unsaturated/α-hetero) is 1. The van der Waals surface area contributed by atoms with E-state index in [0.29, 0.717) is 0 Å². The summed E-state index contributed by atoms with van der Waals surface area (Å²) >= 11 is 0. The largest absolute Gasteiger partial charge is 0.293 e. The predicted octanol–water partition coefficient (Wildman–Crippen LogP) is 7.03. The summed E-state index contributed by atoms with van der Waals surface area (Å²) in [6, 6.07) is 39.4. The van der Waals surface area contributed by atoms with Crippen molar-refractivity contribution < 1.29 is 4.79 Å². The molecule has 4 aromatic rings. The van der Waals surface area contributed by atoms with Gasteiger partial charge in [0.2, 0.25) is 0 Å². The second kappa shape index (κ2) is 7.07. The first-order valence-corrected chi connectivity index (χ1v) is 10.6. The van der Waals surface area contributed by atoms with Crippen LogP contribution < -0.4 is 0 Å². The monoisotopic (exact) mass is 396 g/mol. The van der Waals surface area contributed by atoms with Crippen LogP contribution in [0.1, 0.15) is 32.6 Å². The van der Waals surface area contributed by atoms with E-state index in [1.807, 2.05) is 36.4 Å². The molecule has 1 nitrogen and oxygen atoms in total. The molecule has 0 saturated carbocycles. The number of ketones is 1. The molecule has 0 aliphatic heterocycles. The van der Waals surface area contributed by atoms with Crippen LogP contribution in [0.25, 0.3) is 22.3 Å². The lowest BCUT2D eigenvalue weighted by Crippen LogP contribution is -2.09. The molecular formula is C30H20O. The highest BCUT2D eigenvalue weighted by atomic mass is 16.1. The zero-order chi connectivity index (χ0) is 20.8. The summed E-state index contributed by atoms with van der Waals surface area (Å²) in [5, 5.41) is 0. The van der Waals surface area contributed by atoms with Crippen molar-refractivity contribution in [2.24, 2.45) is 5.92 Å². The quantitative estimate of drug-likeness (QED) is 0.363. The summed E-state index contributed by atoms with van der Waals surface area (Å²) in [7, 11) is 0. The van der Waals surface area contributed by atoms with E-state index in [9.17, 15) is 4.79 Å². The third kappa shape index (κ3) is 2.67. The van der Waals surface area contributed by atoms with Crippen molar-refractivity contribution in [3.8, 4) is 0 Å². The highest BCUT2D eigenvalue weighted by Crippen LogP contribution is 2.58. The standard InChI is InChI=1S/C30H20O/c31-30-24-19-11-10-18-23(24)28-26(21-14-6-2-7-15-21)25(20-12-4-1-5-13-20)27(29(28)30)22-16-8-3-9-17-22/h1-19,29H/t29-/m0/s1. The third-order valence-electron chi connectivity index (χ3n) is 6.32. The van der Waals surface area contributed by atoms with E-state index in [-0.39, 0.29) is 11.7 Å². The maximum Gasteiger partial charge on any atom is 0.175 e. The minimum absolute atomic E-state index is 0.198. The SMILES string of the molecule is O=C1c2ccccc2C2=C(c3ccccc3)C(c3ccccc3)=C(c3ccccc3)[C@H]12. The molecule has 0 bridgehead atoms. The minimum Gasteiger partial charge on any atom is -0.293 e. The zero-order valence-electron chi connectivity index (χ0n) is 17.0. The van der Waals surface area contributed by atoms with Gasteiger partial charge >= 0.3 is 0 Å². The van der Waals surface area contributed by atoms with E-state index in [2.05, 4.69) is 78.9 Å². The number of benzene rings is 4. The Morgan fingerprint density at radius 2 is 0.839 bits per heavy atom. The molecule has 0 saturated heterocycles. The summed E-state index contributed by atoms with van der Waals surface area (Å²) < 4.78 is 0. The average Bonchev–Trinajstić information content (AvgIpc) is 3.34. The number of hydrogen-bond acceptors (Lipinski definition) is 1. The van der Waals surface area contributed by atoms with Crippen LogP contribution in [-0.2, 0) is 0 Å². The number of rotatable bonds is 3. The lowest BCUT2D eigenvalue weighted by atomic mass is 9.86. The molecule has 2 aliphatic carbocycles. The molecule has 146 valence electrons. The van der Waals surface area contributed by atoms with Crippen LogP contribution in [-0.4, -0.2) is 5.78 Å². The van der Waals surface area contributed by atoms with Gasteiger partial charge in [0.25, 0.3) is 0 Å². The summed E-state index contributed by atoms with van der Waals surface area (Å²) in [6.45, 7) is 0. The van der Waals surface area contributed by atoms with Gasteiger partial charge in [-0.2, -0.15) is 0 Å². The van der Waals surface area contributed by atoms with Gasteiger partial charge in [-0.15, -0.1) is 0 Å². The number of fused-ring (bicyclic) bond motifs is 3. The Bertz CT molecular complexity index is 1320. The fraction of sp³-hybridized carbons (Fsp3) is 0.0333. The molecule has 0 N–H and O–H groups in total. The van der Waals surface area contributed by atoms with E-state index >= 15 is 0 Å². The average molecular weight is 396 g/mol. The molecule has 0 fully saturated rings. The summed E-state index contributed by atoms with van der Waals surface area (Å²) in [5.74, 6) is -0.0750. The van der Waals surface area contributed by atoms with Crippen molar-refractivity contribution in [3.63, 3.8) is 0 Å². The van der Waals surface area contributed by atoms with Gasteiger partial charge in [-0.05, 0) is 44.5 Å². The molecule has 6 rings (SSSR count). The van der Waals surface area contributed by atoms with Crippen molar-refractivity contribution in [1.82, 2.24) is 0 Å². The Kier molecular flexibility index (Phi) is 4.07. The lowest BCUT2D eigenvalue weighted by Gasteiger charge is -2.16. The second-order valence-electron chi connectivity index (χ2n) is 8.02. The second-order valence-corrected chi connectivity index (χ2v) is 8.02. The number of carbonyl (C=O) groups is 1. The van der Waals surface area contributed by atoms with Crippen molar-refractivity contribution in [3.05, 3.63) is 143 Å². The minimum atomic E-state index is -0.273. The van der Waals surface area contributed by atoms with Gasteiger partial charge < -0.3 is 0 Å². The smallest absolute Gasteiger partial charge is 0.175 e. The van der Waals surface area contributed by atoms with Crippen LogP contribution in [0.3, 0.4) is 0 Å². The van der Waals surface area contributed by atoms with E-state index in [1.54, 1.807) is 0 Å². The van der Waals surface area contributed by atoms with E-state index in [4.69, 9.17) is 0 Å². The molecule has 4 aromatic carbocycles. The Morgan fingerprint density at radius 1 is 0.419 bits per heavy atom. The van der Waals surface area contributed by atoms with Gasteiger partial charge in [-0.3, -0.25) is 4.79 Å². The highest BCUT2D eigenvalue weighted by Gasteiger charge is 2.46. The topological polar surface area (TPSA) is 17.1 Å². The molecule has 0 radical (unpaired) electrons. The molecular weight excluding hydrogens is 376 g/mol. The van der Waals surface area contributed by atoms with Crippen LogP contribution in [0, 0.1) is 5.92 Å². The summed E-state index contributed by atoms with van der Waals surface area (Å²) in [5.41, 5.74) is 9.90. The van der Waals surface area contributed by atoms with Gasteiger partial charge in [0.1, 0.15) is 0 Å². The lowest BCUT2D eigenvalue weighted by molar-refractivity contribution is 0.0980. The van der Waals surface area contributed by atoms with Crippen molar-refractivity contribution in [2.45, 2.75) is 0 Å². The van der Waals surface area contributed by atoms with Gasteiger partial charge in [-0.1, -0.05) is 115 Å². The van der Waals surface area contributed by atoms with E-state index < -0.39 is 0 Å². The first kappa shape index (κ1) is 17.9. The molecule has 2 aliphatic rings. The zero-order valence-corrected chi connectivity index (χ0v) is 17.0. The molecule has 31 heavy (non-hydrogen) atoms. The van der Waals surface area contributed by atoms with Gasteiger partial charge in [0, 0.05) is 5.56 Å². The first-order chi connectivity index (χ1) is 15.3. The third-order valence-corrected chi connectivity index (χ3v) is 6.32. The molecule has 0 heterocycles. The molecule has 0 spiro atoms. The maximum absolute atomic E-state index is 13.7. The fourth-order valence-electron chi connectivity index (χ4n) is 5.08. The first-order valence-electron chi connectivity index (χ1n) is 10.6. The van der Waals surface area contributed by atoms with E-state index in [0.717, 1.165) is 39.0 Å². The number of allylic oxidation sites excluding steroid dienone is 4. The number of carbonyl (C=O) groups excluding carboxylic acids is 1. The van der Waals surface area contributed by atoms with Crippen molar-refractivity contribution >= 4 is 28.1 Å². The Labute approximate surface area is 182 Å². The van der Waals surface area contributed by atoms with Gasteiger partial charge in [-0.25, -0.2) is 0 Å². The van der Waals surface area contributed by atoms with E-state index in [1.165, 1.54) is 11.1 Å². The Balaban J connectivity index is 1.75.